The summed E-state index contributed by atoms with van der Waals surface area (Å²) in [5.74, 6) is -1.95. The molecule has 0 radical (unpaired) electrons. The second-order valence-corrected chi connectivity index (χ2v) is 4.63. The van der Waals surface area contributed by atoms with Gasteiger partial charge < -0.3 is 15.4 Å². The van der Waals surface area contributed by atoms with Gasteiger partial charge in [-0.3, -0.25) is 4.79 Å². The van der Waals surface area contributed by atoms with E-state index in [4.69, 9.17) is 10.5 Å². The lowest BCUT2D eigenvalue weighted by molar-refractivity contribution is 0.0825. The molecular formula is C15H14F2N2O2. The molecule has 6 heteroatoms. The molecule has 0 unspecified atom stereocenters. The lowest BCUT2D eigenvalue weighted by Gasteiger charge is -2.15. The van der Waals surface area contributed by atoms with Crippen LogP contribution >= 0.6 is 0 Å². The molecule has 1 amide bonds. The van der Waals surface area contributed by atoms with E-state index < -0.39 is 11.6 Å². The predicted molar refractivity (Wildman–Crippen MR) is 75.3 cm³/mol. The van der Waals surface area contributed by atoms with Gasteiger partial charge in [0.2, 0.25) is 0 Å². The topological polar surface area (TPSA) is 55.6 Å². The molecular weight excluding hydrogens is 278 g/mol. The monoisotopic (exact) mass is 292 g/mol. The molecule has 0 saturated carbocycles. The van der Waals surface area contributed by atoms with Crippen molar-refractivity contribution in [3.05, 3.63) is 53.6 Å². The van der Waals surface area contributed by atoms with Gasteiger partial charge in [0.25, 0.3) is 5.91 Å². The maximum atomic E-state index is 13.6. The van der Waals surface area contributed by atoms with Gasteiger partial charge >= 0.3 is 0 Å². The number of anilines is 1. The minimum absolute atomic E-state index is 0.0678. The number of carbonyl (C=O) groups is 1. The molecule has 0 saturated heterocycles. The molecule has 4 nitrogen and oxygen atoms in total. The van der Waals surface area contributed by atoms with Crippen LogP contribution in [0.1, 0.15) is 10.4 Å². The van der Waals surface area contributed by atoms with Crippen LogP contribution in [-0.4, -0.2) is 24.9 Å². The van der Waals surface area contributed by atoms with Gasteiger partial charge in [-0.2, -0.15) is 0 Å². The fourth-order valence-electron chi connectivity index (χ4n) is 1.71. The van der Waals surface area contributed by atoms with E-state index in [0.717, 1.165) is 18.2 Å². The number of halogens is 2. The van der Waals surface area contributed by atoms with E-state index >= 15 is 0 Å². The number of ether oxygens (including phenoxy) is 1. The zero-order valence-electron chi connectivity index (χ0n) is 11.6. The Kier molecular flexibility index (Phi) is 4.07. The Labute approximate surface area is 120 Å². The smallest absolute Gasteiger partial charge is 0.257 e. The molecule has 0 aliphatic heterocycles. The quantitative estimate of drug-likeness (QED) is 0.885. The van der Waals surface area contributed by atoms with Crippen molar-refractivity contribution in [3.8, 4) is 11.5 Å². The van der Waals surface area contributed by atoms with Crippen molar-refractivity contribution >= 4 is 11.6 Å². The minimum atomic E-state index is -0.734. The van der Waals surface area contributed by atoms with E-state index in [-0.39, 0.29) is 23.0 Å². The summed E-state index contributed by atoms with van der Waals surface area (Å²) < 4.78 is 32.1. The van der Waals surface area contributed by atoms with E-state index in [1.54, 1.807) is 14.1 Å². The van der Waals surface area contributed by atoms with E-state index in [1.807, 2.05) is 0 Å². The number of rotatable bonds is 3. The number of benzene rings is 2. The third kappa shape index (κ3) is 3.28. The predicted octanol–water partition coefficient (Wildman–Crippen LogP) is 3.04. The Morgan fingerprint density at radius 3 is 2.48 bits per heavy atom. The van der Waals surface area contributed by atoms with Gasteiger partial charge in [0, 0.05) is 31.9 Å². The van der Waals surface area contributed by atoms with Crippen molar-refractivity contribution in [1.29, 1.82) is 0 Å². The van der Waals surface area contributed by atoms with Crippen LogP contribution in [0.5, 0.6) is 11.5 Å². The standard InChI is InChI=1S/C15H14F2N2O2/c1-19(2)15(20)11-5-4-10(18)8-13(11)21-14-7-9(16)3-6-12(14)17/h3-8H,18H2,1-2H3. The highest BCUT2D eigenvalue weighted by molar-refractivity contribution is 5.97. The first kappa shape index (κ1) is 14.8. The van der Waals surface area contributed by atoms with Crippen LogP contribution in [0.15, 0.2) is 36.4 Å². The highest BCUT2D eigenvalue weighted by Gasteiger charge is 2.17. The van der Waals surface area contributed by atoms with Crippen LogP contribution < -0.4 is 10.5 Å². The Morgan fingerprint density at radius 2 is 1.81 bits per heavy atom. The molecule has 2 aromatic carbocycles. The molecule has 0 aromatic heterocycles. The van der Waals surface area contributed by atoms with Crippen LogP contribution in [0, 0.1) is 11.6 Å². The number of nitrogen functional groups attached to an aromatic ring is 1. The van der Waals surface area contributed by atoms with E-state index in [9.17, 15) is 13.6 Å². The summed E-state index contributed by atoms with van der Waals surface area (Å²) in [6, 6.07) is 7.23. The van der Waals surface area contributed by atoms with E-state index in [1.165, 1.54) is 23.1 Å². The summed E-state index contributed by atoms with van der Waals surface area (Å²) in [7, 11) is 3.15. The summed E-state index contributed by atoms with van der Waals surface area (Å²) >= 11 is 0. The van der Waals surface area contributed by atoms with Gasteiger partial charge in [0.05, 0.1) is 5.56 Å². The van der Waals surface area contributed by atoms with E-state index in [2.05, 4.69) is 0 Å². The van der Waals surface area contributed by atoms with Crippen molar-refractivity contribution < 1.29 is 18.3 Å². The Morgan fingerprint density at radius 1 is 1.10 bits per heavy atom. The zero-order chi connectivity index (χ0) is 15.6. The van der Waals surface area contributed by atoms with Gasteiger partial charge in [-0.25, -0.2) is 8.78 Å². The van der Waals surface area contributed by atoms with Crippen molar-refractivity contribution in [1.82, 2.24) is 4.90 Å². The zero-order valence-corrected chi connectivity index (χ0v) is 11.6. The van der Waals surface area contributed by atoms with Crippen LogP contribution in [0.3, 0.4) is 0 Å². The number of carbonyl (C=O) groups excluding carboxylic acids is 1. The van der Waals surface area contributed by atoms with Crippen molar-refractivity contribution in [3.63, 3.8) is 0 Å². The summed E-state index contributed by atoms with van der Waals surface area (Å²) in [4.78, 5) is 13.4. The van der Waals surface area contributed by atoms with Gasteiger partial charge in [0.1, 0.15) is 11.6 Å². The molecule has 0 heterocycles. The molecule has 2 rings (SSSR count). The lowest BCUT2D eigenvalue weighted by atomic mass is 10.1. The third-order valence-corrected chi connectivity index (χ3v) is 2.76. The Balaban J connectivity index is 2.45. The summed E-state index contributed by atoms with van der Waals surface area (Å²) in [6.45, 7) is 0. The van der Waals surface area contributed by atoms with Gasteiger partial charge in [-0.05, 0) is 24.3 Å². The molecule has 110 valence electrons. The fourth-order valence-corrected chi connectivity index (χ4v) is 1.71. The first-order valence-corrected chi connectivity index (χ1v) is 6.12. The van der Waals surface area contributed by atoms with Crippen molar-refractivity contribution in [2.75, 3.05) is 19.8 Å². The van der Waals surface area contributed by atoms with Crippen molar-refractivity contribution in [2.45, 2.75) is 0 Å². The van der Waals surface area contributed by atoms with Crippen LogP contribution in [0.4, 0.5) is 14.5 Å². The average Bonchev–Trinajstić information content (AvgIpc) is 2.42. The highest BCUT2D eigenvalue weighted by atomic mass is 19.1. The lowest BCUT2D eigenvalue weighted by Crippen LogP contribution is -2.22. The average molecular weight is 292 g/mol. The molecule has 0 fully saturated rings. The van der Waals surface area contributed by atoms with Gasteiger partial charge in [-0.15, -0.1) is 0 Å². The summed E-state index contributed by atoms with van der Waals surface area (Å²) in [6.07, 6.45) is 0. The highest BCUT2D eigenvalue weighted by Crippen LogP contribution is 2.30. The van der Waals surface area contributed by atoms with Crippen LogP contribution in [0.25, 0.3) is 0 Å². The van der Waals surface area contributed by atoms with Crippen LogP contribution in [0.2, 0.25) is 0 Å². The molecule has 0 spiro atoms. The van der Waals surface area contributed by atoms with Gasteiger partial charge in [-0.1, -0.05) is 0 Å². The number of nitrogens with zero attached hydrogens (tertiary/aromatic N) is 1. The largest absolute Gasteiger partial charge is 0.453 e. The fraction of sp³-hybridized carbons (Fsp3) is 0.133. The number of hydrogen-bond donors (Lipinski definition) is 1. The molecule has 0 aliphatic carbocycles. The molecule has 0 atom stereocenters. The normalized spacial score (nSPS) is 10.3. The first-order valence-electron chi connectivity index (χ1n) is 6.12. The molecule has 0 bridgehead atoms. The summed E-state index contributed by atoms with van der Waals surface area (Å²) in [5, 5.41) is 0. The molecule has 0 aliphatic rings. The Bertz CT molecular complexity index is 687. The van der Waals surface area contributed by atoms with Crippen LogP contribution in [-0.2, 0) is 0 Å². The maximum Gasteiger partial charge on any atom is 0.257 e. The number of nitrogens with two attached hydrogens (primary N) is 1. The number of amides is 1. The first-order chi connectivity index (χ1) is 9.88. The minimum Gasteiger partial charge on any atom is -0.453 e. The van der Waals surface area contributed by atoms with E-state index in [0.29, 0.717) is 5.69 Å². The Hall–Kier alpha value is -2.63. The second kappa shape index (κ2) is 5.78. The molecule has 21 heavy (non-hydrogen) atoms. The third-order valence-electron chi connectivity index (χ3n) is 2.76. The molecule has 2 aromatic rings. The van der Waals surface area contributed by atoms with Crippen molar-refractivity contribution in [2.24, 2.45) is 0 Å². The second-order valence-electron chi connectivity index (χ2n) is 4.63. The maximum absolute atomic E-state index is 13.6. The SMILES string of the molecule is CN(C)C(=O)c1ccc(N)cc1Oc1cc(F)ccc1F. The summed E-state index contributed by atoms with van der Waals surface area (Å²) in [5.41, 5.74) is 6.20. The molecule has 2 N–H and O–H groups in total. The number of hydrogen-bond acceptors (Lipinski definition) is 3. The van der Waals surface area contributed by atoms with Gasteiger partial charge in [0.15, 0.2) is 11.6 Å².